The zero-order valence-corrected chi connectivity index (χ0v) is 21.4. The van der Waals surface area contributed by atoms with Crippen molar-refractivity contribution < 1.29 is 23.4 Å². The van der Waals surface area contributed by atoms with Gasteiger partial charge in [0.2, 0.25) is 5.88 Å². The number of H-pyrrole nitrogens is 1. The molecule has 2 amide bonds. The molecule has 10 nitrogen and oxygen atoms in total. The minimum Gasteiger partial charge on any atom is -0.474 e. The highest BCUT2D eigenvalue weighted by atomic mass is 19.2. The minimum absolute atomic E-state index is 0.0418. The van der Waals surface area contributed by atoms with Gasteiger partial charge in [0.15, 0.2) is 11.6 Å². The van der Waals surface area contributed by atoms with Crippen molar-refractivity contribution in [2.75, 3.05) is 29.9 Å². The summed E-state index contributed by atoms with van der Waals surface area (Å²) in [6.07, 6.45) is 2.71. The standard InChI is InChI=1S/C27H29F2N7O3/c1-16(37)15-39-26-17(2)25(36(34-26)19-6-4-3-5-7-19)33-27(38)32-24-14-35(20-11-30-31-12-20)13-21(24)18-8-9-22(28)23(29)10-18/h3-12,16,21,24,37H,13-15H2,1-2H3,(H,30,31)(H2,32,33,38)/t16-,21-,24+/m0/s1. The lowest BCUT2D eigenvalue weighted by atomic mass is 9.94. The van der Waals surface area contributed by atoms with Crippen LogP contribution in [0.5, 0.6) is 5.88 Å². The molecule has 0 spiro atoms. The van der Waals surface area contributed by atoms with E-state index < -0.39 is 29.8 Å². The fourth-order valence-corrected chi connectivity index (χ4v) is 4.69. The fourth-order valence-electron chi connectivity index (χ4n) is 4.69. The molecule has 1 aliphatic rings. The average Bonchev–Trinajstić information content (AvgIpc) is 3.66. The first-order valence-corrected chi connectivity index (χ1v) is 12.5. The first-order valence-electron chi connectivity index (χ1n) is 12.5. The largest absolute Gasteiger partial charge is 0.474 e. The Morgan fingerprint density at radius 1 is 1.18 bits per heavy atom. The summed E-state index contributed by atoms with van der Waals surface area (Å²) in [5.74, 6) is -1.51. The van der Waals surface area contributed by atoms with E-state index in [-0.39, 0.29) is 18.4 Å². The number of benzene rings is 2. The van der Waals surface area contributed by atoms with Crippen molar-refractivity contribution in [1.82, 2.24) is 25.3 Å². The lowest BCUT2D eigenvalue weighted by Crippen LogP contribution is -2.42. The van der Waals surface area contributed by atoms with Crippen LogP contribution in [0.1, 0.15) is 24.0 Å². The number of carbonyl (C=O) groups is 1. The number of carbonyl (C=O) groups excluding carboxylic acids is 1. The lowest BCUT2D eigenvalue weighted by molar-refractivity contribution is 0.119. The van der Waals surface area contributed by atoms with E-state index in [2.05, 4.69) is 25.9 Å². The molecule has 0 unspecified atom stereocenters. The molecular weight excluding hydrogens is 508 g/mol. The molecule has 0 aliphatic carbocycles. The van der Waals surface area contributed by atoms with E-state index in [1.165, 1.54) is 12.1 Å². The molecule has 3 atom stereocenters. The van der Waals surface area contributed by atoms with E-state index in [0.717, 1.165) is 11.8 Å². The summed E-state index contributed by atoms with van der Waals surface area (Å²) >= 11 is 0. The third kappa shape index (κ3) is 5.70. The van der Waals surface area contributed by atoms with Gasteiger partial charge < -0.3 is 20.1 Å². The summed E-state index contributed by atoms with van der Waals surface area (Å²) in [5, 5.41) is 26.8. The van der Waals surface area contributed by atoms with Gasteiger partial charge in [0, 0.05) is 25.2 Å². The molecular formula is C27H29F2N7O3. The number of urea groups is 1. The van der Waals surface area contributed by atoms with Crippen molar-refractivity contribution >= 4 is 17.5 Å². The molecule has 1 aliphatic heterocycles. The number of hydrogen-bond acceptors (Lipinski definition) is 6. The molecule has 4 aromatic rings. The van der Waals surface area contributed by atoms with E-state index in [4.69, 9.17) is 4.74 Å². The van der Waals surface area contributed by atoms with Gasteiger partial charge in [0.25, 0.3) is 0 Å². The Balaban J connectivity index is 1.40. The molecule has 0 saturated carbocycles. The molecule has 1 saturated heterocycles. The maximum Gasteiger partial charge on any atom is 0.320 e. The number of hydrogen-bond donors (Lipinski definition) is 4. The second kappa shape index (κ2) is 11.1. The van der Waals surface area contributed by atoms with Crippen LogP contribution in [-0.2, 0) is 0 Å². The van der Waals surface area contributed by atoms with Crippen LogP contribution in [0.3, 0.4) is 0 Å². The number of aliphatic hydroxyl groups is 1. The molecule has 2 aromatic heterocycles. The maximum atomic E-state index is 14.1. The highest BCUT2D eigenvalue weighted by molar-refractivity contribution is 5.90. The highest BCUT2D eigenvalue weighted by Gasteiger charge is 2.36. The predicted octanol–water partition coefficient (Wildman–Crippen LogP) is 3.74. The Morgan fingerprint density at radius 2 is 1.97 bits per heavy atom. The van der Waals surface area contributed by atoms with Crippen LogP contribution in [0.4, 0.5) is 25.1 Å². The number of halogens is 2. The summed E-state index contributed by atoms with van der Waals surface area (Å²) in [4.78, 5) is 15.4. The van der Waals surface area contributed by atoms with Gasteiger partial charge in [-0.05, 0) is 43.7 Å². The van der Waals surface area contributed by atoms with E-state index in [9.17, 15) is 18.7 Å². The Morgan fingerprint density at radius 3 is 2.67 bits per heavy atom. The monoisotopic (exact) mass is 537 g/mol. The molecule has 2 aromatic carbocycles. The third-order valence-corrected chi connectivity index (χ3v) is 6.63. The van der Waals surface area contributed by atoms with Gasteiger partial charge in [-0.15, -0.1) is 5.10 Å². The minimum atomic E-state index is -0.940. The van der Waals surface area contributed by atoms with Gasteiger partial charge in [-0.3, -0.25) is 10.4 Å². The van der Waals surface area contributed by atoms with Crippen molar-refractivity contribution in [3.63, 3.8) is 0 Å². The molecule has 0 bridgehead atoms. The number of rotatable bonds is 8. The van der Waals surface area contributed by atoms with Crippen LogP contribution in [0.25, 0.3) is 5.69 Å². The van der Waals surface area contributed by atoms with Crippen LogP contribution in [0.15, 0.2) is 60.9 Å². The zero-order valence-electron chi connectivity index (χ0n) is 21.4. The highest BCUT2D eigenvalue weighted by Crippen LogP contribution is 2.32. The molecule has 204 valence electrons. The number of para-hydroxylation sites is 1. The topological polar surface area (TPSA) is 120 Å². The van der Waals surface area contributed by atoms with Crippen molar-refractivity contribution in [1.29, 1.82) is 0 Å². The SMILES string of the molecule is Cc1c(OC[C@H](C)O)nn(-c2ccccc2)c1NC(=O)N[C@@H]1CN(c2cn[nH]c2)C[C@H]1c1ccc(F)c(F)c1. The summed E-state index contributed by atoms with van der Waals surface area (Å²) in [6, 6.07) is 12.1. The quantitative estimate of drug-likeness (QED) is 0.272. The third-order valence-electron chi connectivity index (χ3n) is 6.63. The maximum absolute atomic E-state index is 14.1. The summed E-state index contributed by atoms with van der Waals surface area (Å²) in [5.41, 5.74) is 2.68. The number of nitrogens with zero attached hydrogens (tertiary/aromatic N) is 4. The molecule has 4 N–H and O–H groups in total. The van der Waals surface area contributed by atoms with Gasteiger partial charge in [0.05, 0.1) is 35.3 Å². The van der Waals surface area contributed by atoms with Gasteiger partial charge in [-0.25, -0.2) is 18.3 Å². The van der Waals surface area contributed by atoms with Crippen molar-refractivity contribution in [2.24, 2.45) is 0 Å². The molecule has 0 radical (unpaired) electrons. The molecule has 3 heterocycles. The summed E-state index contributed by atoms with van der Waals surface area (Å²) in [6.45, 7) is 4.30. The van der Waals surface area contributed by atoms with Crippen LogP contribution < -0.4 is 20.3 Å². The predicted molar refractivity (Wildman–Crippen MR) is 141 cm³/mol. The number of aromatic nitrogens is 4. The Hall–Kier alpha value is -4.45. The number of nitrogens with one attached hydrogen (secondary N) is 3. The lowest BCUT2D eigenvalue weighted by Gasteiger charge is -2.21. The van der Waals surface area contributed by atoms with E-state index >= 15 is 0 Å². The summed E-state index contributed by atoms with van der Waals surface area (Å²) in [7, 11) is 0. The van der Waals surface area contributed by atoms with E-state index in [1.807, 2.05) is 35.2 Å². The summed E-state index contributed by atoms with van der Waals surface area (Å²) < 4.78 is 35.0. The molecule has 1 fully saturated rings. The van der Waals surface area contributed by atoms with Crippen molar-refractivity contribution in [3.8, 4) is 11.6 Å². The Bertz CT molecular complexity index is 1430. The Kier molecular flexibility index (Phi) is 7.46. The van der Waals surface area contributed by atoms with Gasteiger partial charge in [0.1, 0.15) is 12.4 Å². The average molecular weight is 538 g/mol. The fraction of sp³-hybridized carbons (Fsp3) is 0.296. The molecule has 39 heavy (non-hydrogen) atoms. The van der Waals surface area contributed by atoms with E-state index in [1.54, 1.807) is 30.9 Å². The van der Waals surface area contributed by atoms with E-state index in [0.29, 0.717) is 35.7 Å². The number of aliphatic hydroxyl groups excluding tert-OH is 1. The smallest absolute Gasteiger partial charge is 0.320 e. The van der Waals surface area contributed by atoms with Gasteiger partial charge >= 0.3 is 6.03 Å². The van der Waals surface area contributed by atoms with Crippen LogP contribution in [0, 0.1) is 18.6 Å². The Labute approximate surface area is 223 Å². The molecule has 12 heteroatoms. The second-order valence-electron chi connectivity index (χ2n) is 9.53. The zero-order chi connectivity index (χ0) is 27.5. The van der Waals surface area contributed by atoms with Crippen molar-refractivity contribution in [3.05, 3.63) is 83.7 Å². The van der Waals surface area contributed by atoms with Crippen LogP contribution >= 0.6 is 0 Å². The number of amides is 2. The van der Waals surface area contributed by atoms with Gasteiger partial charge in [-0.1, -0.05) is 24.3 Å². The van der Waals surface area contributed by atoms with Crippen LogP contribution in [0.2, 0.25) is 0 Å². The second-order valence-corrected chi connectivity index (χ2v) is 9.53. The van der Waals surface area contributed by atoms with Crippen LogP contribution in [-0.4, -0.2) is 63.0 Å². The van der Waals surface area contributed by atoms with Gasteiger partial charge in [-0.2, -0.15) is 5.10 Å². The first kappa shape index (κ1) is 26.2. The number of anilines is 2. The normalized spacial score (nSPS) is 17.7. The van der Waals surface area contributed by atoms with Crippen molar-refractivity contribution in [2.45, 2.75) is 31.9 Å². The number of ether oxygens (including phenoxy) is 1. The molecule has 5 rings (SSSR count). The number of aromatic amines is 1. The first-order chi connectivity index (χ1) is 18.8.